The van der Waals surface area contributed by atoms with Gasteiger partial charge in [0.15, 0.2) is 5.82 Å². The van der Waals surface area contributed by atoms with Crippen molar-refractivity contribution in [1.82, 2.24) is 0 Å². The molecule has 1 unspecified atom stereocenters. The average molecular weight is 836 g/mol. The summed E-state index contributed by atoms with van der Waals surface area (Å²) < 4.78 is 149. The minimum atomic E-state index is -6.92. The fourth-order valence-corrected chi connectivity index (χ4v) is 5.71. The van der Waals surface area contributed by atoms with Crippen molar-refractivity contribution in [2.75, 3.05) is 17.3 Å². The highest BCUT2D eigenvalue weighted by Crippen LogP contribution is 2.58. The van der Waals surface area contributed by atoms with Gasteiger partial charge in [-0.1, -0.05) is 12.1 Å². The van der Waals surface area contributed by atoms with E-state index in [1.54, 1.807) is 0 Å². The fourth-order valence-electron chi connectivity index (χ4n) is 3.67. The van der Waals surface area contributed by atoms with Crippen LogP contribution in [0, 0.1) is 18.8 Å². The van der Waals surface area contributed by atoms with E-state index in [0.29, 0.717) is 0 Å². The van der Waals surface area contributed by atoms with Crippen LogP contribution in [0.2, 0.25) is 0 Å². The number of hydrogen-bond acceptors (Lipinski definition) is 2. The predicted octanol–water partition coefficient (Wildman–Crippen LogP) is 8.63. The largest absolute Gasteiger partial charge is 0.457 e. The average Bonchev–Trinajstić information content (AvgIpc) is 2.87. The molecule has 1 N–H and O–H groups in total. The zero-order valence-corrected chi connectivity index (χ0v) is 24.7. The highest BCUT2D eigenvalue weighted by molar-refractivity contribution is 14.1. The lowest BCUT2D eigenvalue weighted by atomic mass is 9.87. The minimum absolute atomic E-state index is 0.0453. The smallest absolute Gasteiger partial charge is 0.320 e. The molecule has 0 aliphatic rings. The van der Waals surface area contributed by atoms with Crippen molar-refractivity contribution in [3.63, 3.8) is 0 Å². The highest BCUT2D eigenvalue weighted by Gasteiger charge is 2.81. The first-order chi connectivity index (χ1) is 19.1. The van der Waals surface area contributed by atoms with Gasteiger partial charge in [-0.25, -0.2) is 13.2 Å². The summed E-state index contributed by atoms with van der Waals surface area (Å²) in [5, 5.41) is 2.10. The van der Waals surface area contributed by atoms with Crippen molar-refractivity contribution in [3.05, 3.63) is 90.1 Å². The molecule has 0 bridgehead atoms. The number of alkyl halides is 9. The zero-order chi connectivity index (χ0) is 32.0. The molecular formula is C25H13F11I2N2O2. The van der Waals surface area contributed by atoms with Gasteiger partial charge in [-0.3, -0.25) is 9.59 Å². The number of anilines is 2. The second-order valence-corrected chi connectivity index (χ2v) is 10.8. The van der Waals surface area contributed by atoms with E-state index in [9.17, 15) is 53.5 Å². The molecule has 3 aromatic rings. The first-order valence-corrected chi connectivity index (χ1v) is 13.1. The maximum Gasteiger partial charge on any atom is 0.457 e. The van der Waals surface area contributed by atoms with E-state index in [1.807, 2.05) is 0 Å². The van der Waals surface area contributed by atoms with Crippen LogP contribution in [0.3, 0.4) is 0 Å². The molecule has 17 heteroatoms. The maximum atomic E-state index is 15.3. The van der Waals surface area contributed by atoms with Crippen LogP contribution in [-0.2, 0) is 5.67 Å². The molecule has 0 saturated carbocycles. The Morgan fingerprint density at radius 1 is 0.786 bits per heavy atom. The second kappa shape index (κ2) is 11.8. The number of halogens is 13. The Bertz CT molecular complexity index is 1520. The van der Waals surface area contributed by atoms with Crippen LogP contribution in [0.25, 0.3) is 0 Å². The molecule has 0 aliphatic heterocycles. The lowest BCUT2D eigenvalue weighted by molar-refractivity contribution is -0.389. The van der Waals surface area contributed by atoms with Crippen LogP contribution in [0.5, 0.6) is 0 Å². The Hall–Kier alpha value is -2.71. The van der Waals surface area contributed by atoms with Gasteiger partial charge in [0.25, 0.3) is 11.8 Å². The summed E-state index contributed by atoms with van der Waals surface area (Å²) in [5.41, 5.74) is -10.1. The molecule has 0 aromatic heterocycles. The Balaban J connectivity index is 2.00. The molecule has 0 heterocycles. The lowest BCUT2D eigenvalue weighted by Crippen LogP contribution is -2.59. The third-order valence-electron chi connectivity index (χ3n) is 5.82. The number of carbonyl (C=O) groups is 2. The van der Waals surface area contributed by atoms with Gasteiger partial charge in [0.1, 0.15) is 5.82 Å². The molecule has 3 aromatic carbocycles. The van der Waals surface area contributed by atoms with Crippen LogP contribution in [0.15, 0.2) is 54.6 Å². The molecular weight excluding hydrogens is 823 g/mol. The second-order valence-electron chi connectivity index (χ2n) is 8.51. The Kier molecular flexibility index (Phi) is 9.46. The van der Waals surface area contributed by atoms with E-state index in [0.717, 1.165) is 42.3 Å². The third-order valence-corrected chi connectivity index (χ3v) is 7.52. The quantitative estimate of drug-likeness (QED) is 0.200. The van der Waals surface area contributed by atoms with Gasteiger partial charge >= 0.3 is 23.9 Å². The predicted molar refractivity (Wildman–Crippen MR) is 145 cm³/mol. The summed E-state index contributed by atoms with van der Waals surface area (Å²) in [6, 6.07) is 7.73. The Morgan fingerprint density at radius 3 is 1.83 bits per heavy atom. The van der Waals surface area contributed by atoms with Gasteiger partial charge in [0, 0.05) is 25.3 Å². The van der Waals surface area contributed by atoms with Gasteiger partial charge in [0.2, 0.25) is 0 Å². The maximum absolute atomic E-state index is 15.3. The molecule has 3 rings (SSSR count). The third kappa shape index (κ3) is 6.02. The first kappa shape index (κ1) is 33.8. The molecule has 42 heavy (non-hydrogen) atoms. The topological polar surface area (TPSA) is 49.4 Å². The van der Waals surface area contributed by atoms with Gasteiger partial charge < -0.3 is 10.2 Å². The molecule has 0 aliphatic carbocycles. The minimum Gasteiger partial charge on any atom is -0.320 e. The molecule has 0 saturated heterocycles. The molecule has 0 spiro atoms. The van der Waals surface area contributed by atoms with Gasteiger partial charge in [-0.05, 0) is 87.6 Å². The van der Waals surface area contributed by atoms with Gasteiger partial charge in [-0.2, -0.15) is 35.1 Å². The summed E-state index contributed by atoms with van der Waals surface area (Å²) in [6.45, 7) is 0. The highest BCUT2D eigenvalue weighted by atomic mass is 127. The molecule has 2 amide bonds. The SMILES string of the molecule is CN(C(=O)c1cccc(F)c1)c1cccc(C(=O)Nc2c(I)cc(C(F)(C(F)(F)F)C(F)(F)C(F)(F)F)cc2I)c1F. The first-order valence-electron chi connectivity index (χ1n) is 11.0. The lowest BCUT2D eigenvalue weighted by Gasteiger charge is -2.36. The number of amides is 2. The van der Waals surface area contributed by atoms with Gasteiger partial charge in [-0.15, -0.1) is 0 Å². The van der Waals surface area contributed by atoms with E-state index in [2.05, 4.69) is 5.32 Å². The van der Waals surface area contributed by atoms with E-state index in [-0.39, 0.29) is 17.7 Å². The number of benzene rings is 3. The monoisotopic (exact) mass is 836 g/mol. The van der Waals surface area contributed by atoms with Crippen molar-refractivity contribution in [2.24, 2.45) is 0 Å². The number of carbonyl (C=O) groups excluding carboxylic acids is 2. The summed E-state index contributed by atoms with van der Waals surface area (Å²) in [6.07, 6.45) is -13.6. The molecule has 0 fully saturated rings. The Morgan fingerprint density at radius 2 is 1.33 bits per heavy atom. The van der Waals surface area contributed by atoms with E-state index in [1.165, 1.54) is 57.3 Å². The van der Waals surface area contributed by atoms with E-state index >= 15 is 4.39 Å². The molecule has 4 nitrogen and oxygen atoms in total. The Labute approximate surface area is 256 Å². The van der Waals surface area contributed by atoms with Crippen LogP contribution in [-0.4, -0.2) is 37.1 Å². The van der Waals surface area contributed by atoms with Crippen molar-refractivity contribution in [2.45, 2.75) is 23.9 Å². The standard InChI is InChI=1S/C25H13F11I2N2O2/c1-40(21(42)11-4-2-5-13(26)8-11)17-7-3-6-14(18(17)27)20(41)39-19-15(37)9-12(10-16(19)38)22(28,24(31,32)33)23(29,30)25(34,35)36/h2-10H,1H3,(H,39,41). The zero-order valence-electron chi connectivity index (χ0n) is 20.4. The van der Waals surface area contributed by atoms with Crippen LogP contribution in [0.4, 0.5) is 59.7 Å². The summed E-state index contributed by atoms with van der Waals surface area (Å²) in [5.74, 6) is -11.0. The van der Waals surface area contributed by atoms with Crippen LogP contribution >= 0.6 is 45.2 Å². The van der Waals surface area contributed by atoms with Crippen molar-refractivity contribution >= 4 is 68.4 Å². The number of nitrogens with zero attached hydrogens (tertiary/aromatic N) is 1. The number of hydrogen-bond donors (Lipinski definition) is 1. The van der Waals surface area contributed by atoms with Gasteiger partial charge in [0.05, 0.1) is 16.9 Å². The number of rotatable bonds is 6. The summed E-state index contributed by atoms with van der Waals surface area (Å²) in [4.78, 5) is 26.3. The fraction of sp³-hybridized carbons (Fsp3) is 0.200. The van der Waals surface area contributed by atoms with Crippen molar-refractivity contribution in [1.29, 1.82) is 0 Å². The molecule has 0 radical (unpaired) electrons. The van der Waals surface area contributed by atoms with Crippen LogP contribution in [0.1, 0.15) is 26.3 Å². The summed E-state index contributed by atoms with van der Waals surface area (Å²) >= 11 is 2.34. The van der Waals surface area contributed by atoms with Crippen LogP contribution < -0.4 is 10.2 Å². The van der Waals surface area contributed by atoms with E-state index < -0.39 is 77.0 Å². The molecule has 226 valence electrons. The number of nitrogens with one attached hydrogen (secondary N) is 1. The molecule has 1 atom stereocenters. The van der Waals surface area contributed by atoms with Crippen molar-refractivity contribution < 1.29 is 57.9 Å². The van der Waals surface area contributed by atoms with E-state index in [4.69, 9.17) is 0 Å². The normalized spacial score (nSPS) is 13.9. The summed E-state index contributed by atoms with van der Waals surface area (Å²) in [7, 11) is 1.12. The van der Waals surface area contributed by atoms with Crippen molar-refractivity contribution in [3.8, 4) is 0 Å².